The molecule has 1 aromatic rings. The minimum atomic E-state index is -3.07. The van der Waals surface area contributed by atoms with Gasteiger partial charge in [-0.25, -0.2) is 0 Å². The Morgan fingerprint density at radius 3 is 0.381 bits per heavy atom. The van der Waals surface area contributed by atoms with Crippen molar-refractivity contribution in [3.8, 4) is 0 Å². The minimum absolute atomic E-state index is 0.325. The summed E-state index contributed by atoms with van der Waals surface area (Å²) in [6.45, 7) is 0. The first kappa shape index (κ1) is 45.8. The Hall–Kier alpha value is 5.74. The monoisotopic (exact) mass is 1040 g/mol. The van der Waals surface area contributed by atoms with E-state index in [0.29, 0.717) is 74.8 Å². The largest absolute Gasteiger partial charge is 0.341 e. The molecule has 1 rings (SSSR count). The van der Waals surface area contributed by atoms with E-state index in [1.807, 2.05) is 0 Å². The van der Waals surface area contributed by atoms with E-state index in [2.05, 4.69) is 0 Å². The molecule has 0 aliphatic rings. The van der Waals surface area contributed by atoms with Crippen LogP contribution in [0.1, 0.15) is 33.4 Å². The fourth-order valence-electron chi connectivity index (χ4n) is 4.50. The lowest BCUT2D eigenvalue weighted by Gasteiger charge is -2.30. The molecule has 1 aromatic carbocycles. The summed E-state index contributed by atoms with van der Waals surface area (Å²) < 4.78 is 0. The van der Waals surface area contributed by atoms with E-state index in [1.165, 1.54) is 0 Å². The van der Waals surface area contributed by atoms with E-state index in [-0.39, 0.29) is 0 Å². The van der Waals surface area contributed by atoms with Gasteiger partial charge in [-0.1, -0.05) is 0 Å². The molecule has 24 heteroatoms. The second-order valence-corrected chi connectivity index (χ2v) is 65.2. The fraction of sp³-hybridized carbons (Fsp3) is 0.667. The van der Waals surface area contributed by atoms with Crippen LogP contribution in [0.5, 0.6) is 0 Å². The van der Waals surface area contributed by atoms with Crippen molar-refractivity contribution >= 4 is 235 Å². The lowest BCUT2D eigenvalue weighted by Crippen LogP contribution is -2.23. The number of rotatable bonds is 18. The average Bonchev–Trinajstić information content (AvgIpc) is 2.72. The zero-order valence-electron chi connectivity index (χ0n) is 21.3. The van der Waals surface area contributed by atoms with Crippen molar-refractivity contribution in [3.05, 3.63) is 33.4 Å². The maximum absolute atomic E-state index is 6.36. The Morgan fingerprint density at radius 1 is 0.214 bits per heavy atom. The van der Waals surface area contributed by atoms with Gasteiger partial charge in [-0.15, -0.1) is 199 Å². The average molecular weight is 1050 g/mol. The molecule has 0 heterocycles. The standard InChI is InChI=1S/C18H24Cl18Si6/c19-37(20,21)7-1-13-14(2-8-38(22,23)24)16(4-10-40(28,29)30)18(6-12-42(34,35)36)17(5-11-41(31,32)33)15(13)3-9-39(25,26)27/h1-12H2. The number of hydrogen-bond donors (Lipinski definition) is 0. The third-order valence-corrected chi connectivity index (χ3v) is 21.2. The summed E-state index contributed by atoms with van der Waals surface area (Å²) in [7, 11) is 0. The van der Waals surface area contributed by atoms with Gasteiger partial charge in [-0.3, -0.25) is 0 Å². The van der Waals surface area contributed by atoms with E-state index >= 15 is 0 Å². The fourth-order valence-corrected chi connectivity index (χ4v) is 12.8. The van der Waals surface area contributed by atoms with E-state index in [4.69, 9.17) is 199 Å². The molecule has 0 saturated heterocycles. The van der Waals surface area contributed by atoms with Gasteiger partial charge in [0.1, 0.15) is 0 Å². The molecule has 0 spiro atoms. The van der Waals surface area contributed by atoms with E-state index in [0.717, 1.165) is 33.4 Å². The summed E-state index contributed by atoms with van der Waals surface area (Å²) in [5, 5.41) is 0. The molecule has 42 heavy (non-hydrogen) atoms. The first-order valence-electron chi connectivity index (χ1n) is 12.1. The third kappa shape index (κ3) is 21.2. The highest BCUT2D eigenvalue weighted by atomic mass is 35.9. The van der Waals surface area contributed by atoms with E-state index in [9.17, 15) is 0 Å². The molecule has 0 amide bonds. The molecule has 0 fully saturated rings. The van der Waals surface area contributed by atoms with Gasteiger partial charge in [0, 0.05) is 0 Å². The van der Waals surface area contributed by atoms with Crippen molar-refractivity contribution in [1.29, 1.82) is 0 Å². The van der Waals surface area contributed by atoms with Crippen LogP contribution in [0.2, 0.25) is 36.3 Å². The third-order valence-electron chi connectivity index (χ3n) is 6.14. The second-order valence-electron chi connectivity index (χ2n) is 9.56. The summed E-state index contributed by atoms with van der Waals surface area (Å²) in [5.41, 5.74) is 5.57. The molecule has 0 atom stereocenters. The molecule has 246 valence electrons. The van der Waals surface area contributed by atoms with Crippen LogP contribution in [0.3, 0.4) is 0 Å². The van der Waals surface area contributed by atoms with E-state index in [1.54, 1.807) is 0 Å². The smallest absolute Gasteiger partial charge is 0.126 e. The van der Waals surface area contributed by atoms with Gasteiger partial charge in [0.05, 0.1) is 0 Å². The molecule has 0 unspecified atom stereocenters. The van der Waals surface area contributed by atoms with Crippen LogP contribution < -0.4 is 0 Å². The van der Waals surface area contributed by atoms with Crippen LogP contribution >= 0.6 is 199 Å². The van der Waals surface area contributed by atoms with Crippen LogP contribution in [0, 0.1) is 0 Å². The van der Waals surface area contributed by atoms with Crippen LogP contribution in [0.4, 0.5) is 0 Å². The molecular formula is C18H24Cl18Si6. The van der Waals surface area contributed by atoms with Gasteiger partial charge < -0.3 is 0 Å². The van der Waals surface area contributed by atoms with Crippen molar-refractivity contribution in [2.24, 2.45) is 0 Å². The topological polar surface area (TPSA) is 0 Å². The normalized spacial score (nSPS) is 14.1. The van der Waals surface area contributed by atoms with Gasteiger partial charge >= 0.3 is 36.0 Å². The van der Waals surface area contributed by atoms with Crippen molar-refractivity contribution in [2.75, 3.05) is 0 Å². The Labute approximate surface area is 338 Å². The number of hydrogen-bond acceptors (Lipinski definition) is 0. The van der Waals surface area contributed by atoms with Gasteiger partial charge in [-0.05, 0) is 108 Å². The van der Waals surface area contributed by atoms with Crippen LogP contribution in [-0.4, -0.2) is 36.0 Å². The Balaban J connectivity index is 4.23. The second kappa shape index (κ2) is 19.0. The summed E-state index contributed by atoms with van der Waals surface area (Å²) in [6.07, 6.45) is 2.54. The minimum Gasteiger partial charge on any atom is -0.126 e. The first-order valence-corrected chi connectivity index (χ1v) is 43.6. The molecule has 0 aliphatic heterocycles. The summed E-state index contributed by atoms with van der Waals surface area (Å²) in [5.74, 6) is 0. The predicted octanol–water partition coefficient (Wildman–Crippen LogP) is 14.9. The highest BCUT2D eigenvalue weighted by molar-refractivity contribution is 7.67. The van der Waals surface area contributed by atoms with Gasteiger partial charge in [0.2, 0.25) is 0 Å². The van der Waals surface area contributed by atoms with Crippen molar-refractivity contribution in [1.82, 2.24) is 0 Å². The Kier molecular flexibility index (Phi) is 20.7. The van der Waals surface area contributed by atoms with Crippen molar-refractivity contribution in [2.45, 2.75) is 74.8 Å². The quantitative estimate of drug-likeness (QED) is 0.102. The summed E-state index contributed by atoms with van der Waals surface area (Å²) >= 11 is 115. The molecule has 0 saturated carbocycles. The SMILES string of the molecule is Cl[Si](Cl)(Cl)CCc1c(CC[Si](Cl)(Cl)Cl)c(CC[Si](Cl)(Cl)Cl)c(CC[Si](Cl)(Cl)Cl)c(CC[Si](Cl)(Cl)Cl)c1CC[Si](Cl)(Cl)Cl. The zero-order chi connectivity index (χ0) is 32.9. The van der Waals surface area contributed by atoms with Crippen molar-refractivity contribution < 1.29 is 0 Å². The molecule has 0 nitrogen and oxygen atoms in total. The van der Waals surface area contributed by atoms with Crippen molar-refractivity contribution in [3.63, 3.8) is 0 Å². The summed E-state index contributed by atoms with van der Waals surface area (Å²) in [6, 6.07) is -16.5. The van der Waals surface area contributed by atoms with Crippen LogP contribution in [0.15, 0.2) is 0 Å². The van der Waals surface area contributed by atoms with Crippen LogP contribution in [-0.2, 0) is 38.5 Å². The zero-order valence-corrected chi connectivity index (χ0v) is 40.9. The number of benzene rings is 1. The molecular weight excluding hydrogens is 1020 g/mol. The Bertz CT molecular complexity index is 790. The van der Waals surface area contributed by atoms with Crippen LogP contribution in [0.25, 0.3) is 0 Å². The molecule has 0 radical (unpaired) electrons. The first-order chi connectivity index (χ1) is 18.6. The highest BCUT2D eigenvalue weighted by Crippen LogP contribution is 2.42. The van der Waals surface area contributed by atoms with Gasteiger partial charge in [0.15, 0.2) is 0 Å². The van der Waals surface area contributed by atoms with Gasteiger partial charge in [-0.2, -0.15) is 0 Å². The highest BCUT2D eigenvalue weighted by Gasteiger charge is 2.36. The van der Waals surface area contributed by atoms with E-state index < -0.39 is 36.0 Å². The predicted molar refractivity (Wildman–Crippen MR) is 217 cm³/mol. The Morgan fingerprint density at radius 2 is 0.310 bits per heavy atom. The summed E-state index contributed by atoms with van der Waals surface area (Å²) in [4.78, 5) is 0. The molecule has 0 bridgehead atoms. The molecule has 0 N–H and O–H groups in total. The lowest BCUT2D eigenvalue weighted by molar-refractivity contribution is 0.869. The maximum Gasteiger partial charge on any atom is 0.341 e. The maximum atomic E-state index is 6.36. The lowest BCUT2D eigenvalue weighted by atomic mass is 9.81. The number of halogens is 18. The van der Waals surface area contributed by atoms with Gasteiger partial charge in [0.25, 0.3) is 0 Å². The molecule has 0 aliphatic carbocycles. The molecule has 0 aromatic heterocycles.